The maximum Gasteiger partial charge on any atom is 0.268 e. The Bertz CT molecular complexity index is 1360. The molecule has 0 aliphatic rings. The van der Waals surface area contributed by atoms with Gasteiger partial charge in [0.1, 0.15) is 11.4 Å². The van der Waals surface area contributed by atoms with Crippen molar-refractivity contribution in [3.05, 3.63) is 51.5 Å². The highest BCUT2D eigenvalue weighted by molar-refractivity contribution is 7.22. The molecule has 3 aromatic heterocycles. The smallest absolute Gasteiger partial charge is 0.268 e. The molecule has 0 N–H and O–H groups in total. The first kappa shape index (κ1) is 23.1. The van der Waals surface area contributed by atoms with E-state index in [9.17, 15) is 9.59 Å². The number of amides is 1. The van der Waals surface area contributed by atoms with Crippen LogP contribution < -0.4 is 5.56 Å². The highest BCUT2D eigenvalue weighted by Crippen LogP contribution is 2.35. The number of thiophene rings is 1. The Morgan fingerprint density at radius 1 is 1.30 bits per heavy atom. The molecule has 33 heavy (non-hydrogen) atoms. The standard InChI is InChI=1S/C23H24ClN5O3S/c1-4-6-10-28(5-2)17(30)12-29-13-25-22-18(23(29)31)14(3)19(33-22)21-26-20(27-32-21)15-8-7-9-16(24)11-15/h7-9,11,13H,4-6,10,12H2,1-3H3. The van der Waals surface area contributed by atoms with E-state index in [0.717, 1.165) is 18.4 Å². The highest BCUT2D eigenvalue weighted by Gasteiger charge is 2.21. The van der Waals surface area contributed by atoms with Gasteiger partial charge in [0.25, 0.3) is 11.4 Å². The zero-order chi connectivity index (χ0) is 23.5. The lowest BCUT2D eigenvalue weighted by Crippen LogP contribution is -2.37. The van der Waals surface area contributed by atoms with E-state index >= 15 is 0 Å². The topological polar surface area (TPSA) is 94.1 Å². The van der Waals surface area contributed by atoms with Gasteiger partial charge in [-0.15, -0.1) is 11.3 Å². The summed E-state index contributed by atoms with van der Waals surface area (Å²) in [6.45, 7) is 7.10. The highest BCUT2D eigenvalue weighted by atomic mass is 35.5. The number of aryl methyl sites for hydroxylation is 1. The number of rotatable bonds is 8. The van der Waals surface area contributed by atoms with Crippen molar-refractivity contribution in [2.75, 3.05) is 13.1 Å². The van der Waals surface area contributed by atoms with E-state index in [1.807, 2.05) is 26.0 Å². The number of benzene rings is 1. The lowest BCUT2D eigenvalue weighted by molar-refractivity contribution is -0.131. The molecule has 0 spiro atoms. The van der Waals surface area contributed by atoms with E-state index in [0.29, 0.717) is 50.5 Å². The van der Waals surface area contributed by atoms with Crippen LogP contribution in [0.1, 0.15) is 32.3 Å². The Morgan fingerprint density at radius 2 is 2.12 bits per heavy atom. The van der Waals surface area contributed by atoms with Gasteiger partial charge >= 0.3 is 0 Å². The van der Waals surface area contributed by atoms with E-state index in [4.69, 9.17) is 16.1 Å². The molecule has 0 unspecified atom stereocenters. The average Bonchev–Trinajstić information content (AvgIpc) is 3.41. The number of nitrogens with zero attached hydrogens (tertiary/aromatic N) is 5. The first-order chi connectivity index (χ1) is 15.9. The number of carbonyl (C=O) groups is 1. The number of unbranched alkanes of at least 4 members (excludes halogenated alkanes) is 1. The summed E-state index contributed by atoms with van der Waals surface area (Å²) in [5, 5.41) is 5.09. The molecule has 0 atom stereocenters. The summed E-state index contributed by atoms with van der Waals surface area (Å²) in [4.78, 5) is 37.8. The molecule has 4 aromatic rings. The Balaban J connectivity index is 1.66. The normalized spacial score (nSPS) is 11.3. The van der Waals surface area contributed by atoms with Crippen LogP contribution >= 0.6 is 22.9 Å². The van der Waals surface area contributed by atoms with E-state index in [2.05, 4.69) is 22.0 Å². The zero-order valence-corrected chi connectivity index (χ0v) is 20.2. The SMILES string of the molecule is CCCCN(CC)C(=O)Cn1cnc2sc(-c3nc(-c4cccc(Cl)c4)no3)c(C)c2c1=O. The average molecular weight is 486 g/mol. The predicted molar refractivity (Wildman–Crippen MR) is 130 cm³/mol. The van der Waals surface area contributed by atoms with Gasteiger partial charge in [-0.25, -0.2) is 4.98 Å². The van der Waals surface area contributed by atoms with Gasteiger partial charge in [-0.3, -0.25) is 14.2 Å². The Hall–Kier alpha value is -3.04. The van der Waals surface area contributed by atoms with Crippen molar-refractivity contribution in [2.45, 2.75) is 40.2 Å². The van der Waals surface area contributed by atoms with Crippen LogP contribution in [-0.4, -0.2) is 43.6 Å². The van der Waals surface area contributed by atoms with Crippen molar-refractivity contribution in [1.82, 2.24) is 24.6 Å². The van der Waals surface area contributed by atoms with Crippen molar-refractivity contribution in [1.29, 1.82) is 0 Å². The fourth-order valence-electron chi connectivity index (χ4n) is 3.59. The molecular weight excluding hydrogens is 462 g/mol. The first-order valence-electron chi connectivity index (χ1n) is 10.8. The summed E-state index contributed by atoms with van der Waals surface area (Å²) in [6.07, 6.45) is 3.37. The van der Waals surface area contributed by atoms with Crippen molar-refractivity contribution >= 4 is 39.1 Å². The van der Waals surface area contributed by atoms with Gasteiger partial charge in [-0.2, -0.15) is 4.98 Å². The fourth-order valence-corrected chi connectivity index (χ4v) is 4.84. The quantitative estimate of drug-likeness (QED) is 0.356. The molecular formula is C23H24ClN5O3S. The molecule has 0 radical (unpaired) electrons. The molecule has 0 saturated heterocycles. The van der Waals surface area contributed by atoms with Crippen LogP contribution in [-0.2, 0) is 11.3 Å². The van der Waals surface area contributed by atoms with Crippen molar-refractivity contribution in [2.24, 2.45) is 0 Å². The molecule has 172 valence electrons. The van der Waals surface area contributed by atoms with Gasteiger partial charge in [-0.1, -0.05) is 42.2 Å². The minimum absolute atomic E-state index is 0.0383. The summed E-state index contributed by atoms with van der Waals surface area (Å²) in [5.74, 6) is 0.627. The minimum atomic E-state index is -0.255. The number of halogens is 1. The second kappa shape index (κ2) is 9.84. The summed E-state index contributed by atoms with van der Waals surface area (Å²) in [5.41, 5.74) is 1.18. The maximum absolute atomic E-state index is 13.2. The summed E-state index contributed by atoms with van der Waals surface area (Å²) in [6, 6.07) is 7.18. The lowest BCUT2D eigenvalue weighted by Gasteiger charge is -2.20. The van der Waals surface area contributed by atoms with Gasteiger partial charge in [-0.05, 0) is 38.0 Å². The Labute approximate surface area is 199 Å². The molecule has 3 heterocycles. The fraction of sp³-hybridized carbons (Fsp3) is 0.348. The molecule has 10 heteroatoms. The molecule has 0 saturated carbocycles. The maximum atomic E-state index is 13.2. The molecule has 1 aromatic carbocycles. The molecule has 0 bridgehead atoms. The van der Waals surface area contributed by atoms with Gasteiger partial charge in [0.15, 0.2) is 0 Å². The Morgan fingerprint density at radius 3 is 2.85 bits per heavy atom. The molecule has 1 amide bonds. The number of aromatic nitrogens is 4. The summed E-state index contributed by atoms with van der Waals surface area (Å²) >= 11 is 7.37. The van der Waals surface area contributed by atoms with Crippen LogP contribution in [0, 0.1) is 6.92 Å². The van der Waals surface area contributed by atoms with Gasteiger partial charge < -0.3 is 9.42 Å². The summed E-state index contributed by atoms with van der Waals surface area (Å²) in [7, 11) is 0. The molecule has 0 aliphatic carbocycles. The van der Waals surface area contributed by atoms with E-state index in [1.54, 1.807) is 17.0 Å². The third kappa shape index (κ3) is 4.69. The number of hydrogen-bond donors (Lipinski definition) is 0. The van der Waals surface area contributed by atoms with Crippen LogP contribution in [0.5, 0.6) is 0 Å². The van der Waals surface area contributed by atoms with Crippen LogP contribution in [0.3, 0.4) is 0 Å². The van der Waals surface area contributed by atoms with Crippen molar-refractivity contribution in [3.63, 3.8) is 0 Å². The van der Waals surface area contributed by atoms with Gasteiger partial charge in [0.05, 0.1) is 16.6 Å². The van der Waals surface area contributed by atoms with E-state index < -0.39 is 0 Å². The van der Waals surface area contributed by atoms with Gasteiger partial charge in [0.2, 0.25) is 11.7 Å². The summed E-state index contributed by atoms with van der Waals surface area (Å²) < 4.78 is 6.85. The molecule has 8 nitrogen and oxygen atoms in total. The van der Waals surface area contributed by atoms with E-state index in [1.165, 1.54) is 22.2 Å². The monoisotopic (exact) mass is 485 g/mol. The van der Waals surface area contributed by atoms with Crippen molar-refractivity contribution < 1.29 is 9.32 Å². The minimum Gasteiger partial charge on any atom is -0.341 e. The largest absolute Gasteiger partial charge is 0.341 e. The van der Waals surface area contributed by atoms with Crippen LogP contribution in [0.4, 0.5) is 0 Å². The lowest BCUT2D eigenvalue weighted by atomic mass is 10.2. The number of carbonyl (C=O) groups excluding carboxylic acids is 1. The number of fused-ring (bicyclic) bond motifs is 1. The second-order valence-corrected chi connectivity index (χ2v) is 9.11. The zero-order valence-electron chi connectivity index (χ0n) is 18.7. The number of hydrogen-bond acceptors (Lipinski definition) is 7. The Kier molecular flexibility index (Phi) is 6.90. The molecule has 0 fully saturated rings. The molecule has 4 rings (SSSR count). The molecule has 0 aliphatic heterocycles. The first-order valence-corrected chi connectivity index (χ1v) is 12.0. The number of likely N-dealkylation sites (N-methyl/N-ethyl adjacent to an activating group) is 1. The van der Waals surface area contributed by atoms with Crippen LogP contribution in [0.15, 0.2) is 39.9 Å². The van der Waals surface area contributed by atoms with Gasteiger partial charge in [0, 0.05) is 23.7 Å². The van der Waals surface area contributed by atoms with Crippen LogP contribution in [0.25, 0.3) is 32.4 Å². The third-order valence-corrected chi connectivity index (χ3v) is 6.86. The second-order valence-electron chi connectivity index (χ2n) is 7.67. The van der Waals surface area contributed by atoms with E-state index in [-0.39, 0.29) is 18.0 Å². The van der Waals surface area contributed by atoms with Crippen LogP contribution in [0.2, 0.25) is 5.02 Å². The predicted octanol–water partition coefficient (Wildman–Crippen LogP) is 4.79. The van der Waals surface area contributed by atoms with Crippen molar-refractivity contribution in [3.8, 4) is 22.2 Å². The third-order valence-electron chi connectivity index (χ3n) is 5.44.